The van der Waals surface area contributed by atoms with E-state index >= 15 is 0 Å². The molecule has 7 aliphatic rings. The smallest absolute Gasteiger partial charge is 0.859 e. The summed E-state index contributed by atoms with van der Waals surface area (Å²) in [6, 6.07) is 25.3. The molecule has 2 aliphatic heterocycles. The van der Waals surface area contributed by atoms with E-state index in [4.69, 9.17) is 49.3 Å². The third kappa shape index (κ3) is 46.4. The van der Waals surface area contributed by atoms with E-state index in [9.17, 15) is 109 Å². The molecular weight excluding hydrogens is 2040 g/mol. The van der Waals surface area contributed by atoms with Crippen molar-refractivity contribution in [3.8, 4) is 6.07 Å². The van der Waals surface area contributed by atoms with Gasteiger partial charge in [0, 0.05) is 32.6 Å². The molecule has 5 aromatic carbocycles. The van der Waals surface area contributed by atoms with Gasteiger partial charge in [0.15, 0.2) is 13.5 Å². The molecule has 0 aromatic heterocycles. The number of hydrogen-bond acceptors (Lipinski definition) is 21. The molecule has 14 atom stereocenters. The number of amides is 5. The molecule has 2 saturated heterocycles. The Morgan fingerprint density at radius 3 is 1.15 bits per heavy atom. The van der Waals surface area contributed by atoms with Crippen LogP contribution in [0.1, 0.15) is 273 Å². The van der Waals surface area contributed by atoms with Gasteiger partial charge in [-0.25, -0.2) is 39.0 Å². The van der Waals surface area contributed by atoms with Gasteiger partial charge in [-0.05, 0) is 301 Å². The number of halogens is 16. The molecule has 12 rings (SSSR count). The van der Waals surface area contributed by atoms with Crippen LogP contribution in [0.2, 0.25) is 19.6 Å². The summed E-state index contributed by atoms with van der Waals surface area (Å²) in [6.07, 6.45) is -14.2. The molecule has 6 fully saturated rings. The number of alkyl halides is 15. The van der Waals surface area contributed by atoms with Crippen LogP contribution < -0.4 is 107 Å². The average Bonchev–Trinajstić information content (AvgIpc) is 0.783. The van der Waals surface area contributed by atoms with Gasteiger partial charge in [-0.15, -0.1) is 12.4 Å². The van der Waals surface area contributed by atoms with Crippen LogP contribution in [0.5, 0.6) is 0 Å². The van der Waals surface area contributed by atoms with Gasteiger partial charge in [0.2, 0.25) is 6.08 Å². The van der Waals surface area contributed by atoms with Crippen molar-refractivity contribution < 1.29 is 228 Å². The number of aliphatic hydroxyl groups excluding tert-OH is 1. The predicted octanol–water partition coefficient (Wildman–Crippen LogP) is 17.2. The minimum absolute atomic E-state index is 0. The maximum absolute atomic E-state index is 13.0. The maximum Gasteiger partial charge on any atom is 1.00 e. The summed E-state index contributed by atoms with van der Waals surface area (Å²) in [5.74, 6) is -2.50. The number of alkyl carbamates (subject to hydrolysis) is 3. The fourth-order valence-electron chi connectivity index (χ4n) is 17.3. The monoisotopic (exact) mass is 2180 g/mol. The van der Waals surface area contributed by atoms with Crippen molar-refractivity contribution in [2.45, 2.75) is 344 Å². The Morgan fingerprint density at radius 1 is 0.486 bits per heavy atom. The summed E-state index contributed by atoms with van der Waals surface area (Å²) in [4.78, 5) is 115. The van der Waals surface area contributed by atoms with Crippen LogP contribution in [0, 0.1) is 29.8 Å². The van der Waals surface area contributed by atoms with E-state index in [2.05, 4.69) is 20.9 Å². The fourth-order valence-corrected chi connectivity index (χ4v) is 17.3. The third-order valence-corrected chi connectivity index (χ3v) is 23.6. The van der Waals surface area contributed by atoms with Crippen LogP contribution in [-0.4, -0.2) is 189 Å². The van der Waals surface area contributed by atoms with Gasteiger partial charge in [0.1, 0.15) is 28.0 Å². The number of nitrogens with zero attached hydrogens (tertiary/aromatic N) is 5. The Kier molecular flexibility index (Phi) is 53.0. The van der Waals surface area contributed by atoms with Gasteiger partial charge in [-0.2, -0.15) is 72.5 Å². The van der Waals surface area contributed by atoms with Gasteiger partial charge < -0.3 is 69.6 Å². The first-order valence-corrected chi connectivity index (χ1v) is 50.5. The zero-order valence-corrected chi connectivity index (χ0v) is 94.5. The molecule has 4 saturated carbocycles. The predicted molar refractivity (Wildman–Crippen MR) is 518 cm³/mol. The molecule has 0 spiro atoms. The molecule has 26 nitrogen and oxygen atoms in total. The van der Waals surface area contributed by atoms with Gasteiger partial charge in [0.05, 0.1) is 63.8 Å². The van der Waals surface area contributed by atoms with Crippen molar-refractivity contribution in [2.24, 2.45) is 22.6 Å². The van der Waals surface area contributed by atoms with Crippen LogP contribution in [0.15, 0.2) is 132 Å². The summed E-state index contributed by atoms with van der Waals surface area (Å²) >= 11 is 0. The number of likely N-dealkylation sites (N-methyl/N-ethyl adjacent to an activating group) is 1. The van der Waals surface area contributed by atoms with Crippen LogP contribution in [0.25, 0.3) is 5.57 Å². The second kappa shape index (κ2) is 57.7. The number of hydrogen-bond donors (Lipinski definition) is 5. The first kappa shape index (κ1) is 136. The Bertz CT molecular complexity index is 5250. The van der Waals surface area contributed by atoms with E-state index in [1.54, 1.807) is 160 Å². The second-order valence-corrected chi connectivity index (χ2v) is 46.5. The average molecular weight is 2180 g/mol. The van der Waals surface area contributed by atoms with Crippen LogP contribution in [0.4, 0.5) is 89.8 Å². The molecular formula is C102H135BClF15KN9NaO17Si. The standard InChI is InChI=1S/C20H29F3N2O2.C20H24F3NO4.C20H22F3NO4.C19H23F3N2O3.C18H25F3N2O2.C3H9OSi.C2H2NO.B.ClH.K.Na/c1-19(2,3)27-18(26)24-16-10-9-14(12-17(16)25(4)5)13-7-6-8-15(11-13)20(21,22)23;2*1-19(2,3)28-18(26)24-11-27-17(25)15-10-13(7-8-16(15)24)12-5-4-6-14(9-12)20(21,22)23;1-18(2,3)27-17(26)24-15-8-7-13(10-16(15)23-11-25)12-5-4-6-14(9-12)19(20,21)22;1-17(2,3)25-16(24)23-15-8-7-12(10-14(15)22)11-5-4-6-13(9-11)18(19,20)21;1-5(2,3)4;3-1-2-4;;;;/h6-8,11,14,16-17H,9-10,12H2,1-5H3,(H,24,26);4-6,9,13,15-16H,7-8,10-11H2,1-3H3;4-7,9,15-16H,8,10-11H2,1-3H3;4-6,9,13,15-16H,7-8,10H2,1-3H3,(H,24,26);4-6,9,12,14-15H,7-8,10,22H2,1-3H3,(H,23,24);1-3H3;2,4H;;1H;;/q;;;;;2*-1;;;2*+1/t14-,16-,17-;13-,15-,16-;15-,16-;13-,15-,16-;12-,14-,15-;;;;;;/m00000....../s1. The summed E-state index contributed by atoms with van der Waals surface area (Å²) < 4.78 is 231. The number of ether oxygens (including phenoxy) is 7. The molecule has 0 bridgehead atoms. The molecule has 148 heavy (non-hydrogen) atoms. The van der Waals surface area contributed by atoms with Crippen molar-refractivity contribution in [2.75, 3.05) is 27.6 Å². The number of isocyanates is 1. The molecule has 0 unspecified atom stereocenters. The number of aliphatic hydroxyl groups is 1. The topological polar surface area (TPSA) is 352 Å². The van der Waals surface area contributed by atoms with Gasteiger partial charge >= 0.3 is 154 Å². The molecule has 3 radical (unpaired) electrons. The van der Waals surface area contributed by atoms with Crippen LogP contribution in [-0.2, 0) is 78.4 Å². The minimum atomic E-state index is -4.44. The number of nitriles is 1. The second-order valence-electron chi connectivity index (χ2n) is 42.3. The quantitative estimate of drug-likeness (QED) is 0.0127. The molecule has 2 heterocycles. The van der Waals surface area contributed by atoms with E-state index in [1.165, 1.54) is 64.4 Å². The van der Waals surface area contributed by atoms with Gasteiger partial charge in [0.25, 0.3) is 0 Å². The number of benzene rings is 5. The molecule has 5 aliphatic carbocycles. The van der Waals surface area contributed by atoms with E-state index in [0.29, 0.717) is 123 Å². The van der Waals surface area contributed by atoms with Crippen LogP contribution in [0.3, 0.4) is 0 Å². The SMILES string of the molecule is CC(C)(C)OC(=O)N1COC(=O)[C@H]2CC(c3cccc(C(F)(F)F)c3)=CC[C@@H]21.CC(C)(C)OC(=O)N1COC(=O)[C@H]2C[C@@H](c3cccc(C(F)(F)F)c3)CC[C@@H]21.CC(C)(C)OC(=O)N[C@H]1CC[C@H](c2cccc(C(F)(F)F)c2)C[C@@H]1N.CC(C)(C)OC(=O)N[C@H]1CC[C@H](c2cccc(C(F)(F)F)c2)C[C@@H]1N=C=O.CN(C)[C@H]1C[C@@H](c2cccc(C(F)(F)F)c2)CC[C@@H]1NC(=O)OC(C)(C)C.C[Si](C)(C)[O-].Cl.N#C[CH-]O.[B].[K+].[Na+]. The maximum atomic E-state index is 13.0. The summed E-state index contributed by atoms with van der Waals surface area (Å²) in [5.41, 5.74) is 3.03. The molecule has 811 valence electrons. The van der Waals surface area contributed by atoms with Gasteiger partial charge in [-0.3, -0.25) is 19.4 Å². The summed E-state index contributed by atoms with van der Waals surface area (Å²) in [5, 5.41) is 23.1. The number of nitrogens with two attached hydrogens (primary N) is 1. The molecule has 5 aromatic rings. The Morgan fingerprint density at radius 2 is 0.797 bits per heavy atom. The van der Waals surface area contributed by atoms with E-state index in [-0.39, 0.29) is 176 Å². The largest absolute Gasteiger partial charge is 1.00 e. The molecule has 6 N–H and O–H groups in total. The number of esters is 2. The number of nitrogens with one attached hydrogen (secondary N) is 3. The Hall–Kier alpha value is -8.13. The zero-order chi connectivity index (χ0) is 109. The Labute approximate surface area is 929 Å². The van der Waals surface area contributed by atoms with Crippen LogP contribution >= 0.6 is 12.4 Å². The molecule has 5 amide bonds. The summed E-state index contributed by atoms with van der Waals surface area (Å²) in [7, 11) is 1.98. The Balaban J connectivity index is 0.000000607. The number of carbonyl (C=O) groups excluding carboxylic acids is 8. The van der Waals surface area contributed by atoms with E-state index in [0.717, 1.165) is 48.5 Å². The van der Waals surface area contributed by atoms with Crippen molar-refractivity contribution >= 4 is 83.2 Å². The number of fused-ring (bicyclic) bond motifs is 2. The summed E-state index contributed by atoms with van der Waals surface area (Å²) in [6.45, 7) is 31.8. The number of carbonyl (C=O) groups is 7. The van der Waals surface area contributed by atoms with E-state index < -0.39 is 167 Å². The number of aliphatic imine (C=N–C) groups is 1. The molecule has 46 heteroatoms. The fraction of sp³-hybridized carbons (Fsp3) is 0.588. The number of cyclic esters (lactones) is 2. The van der Waals surface area contributed by atoms with E-state index in [1.807, 2.05) is 19.0 Å². The zero-order valence-electron chi connectivity index (χ0n) is 87.5. The normalized spacial score (nSPS) is 22.5. The number of allylic oxidation sites excluding steroid dienone is 1. The first-order valence-electron chi connectivity index (χ1n) is 47.1. The van der Waals surface area contributed by atoms with Gasteiger partial charge in [-0.1, -0.05) is 125 Å². The van der Waals surface area contributed by atoms with Crippen molar-refractivity contribution in [3.05, 3.63) is 190 Å². The van der Waals surface area contributed by atoms with Crippen molar-refractivity contribution in [3.63, 3.8) is 0 Å². The van der Waals surface area contributed by atoms with Crippen molar-refractivity contribution in [1.29, 1.82) is 5.26 Å². The third-order valence-electron chi connectivity index (χ3n) is 23.6. The minimum Gasteiger partial charge on any atom is -0.859 e. The first-order chi connectivity index (χ1) is 66.1. The number of rotatable bonds is 10. The van der Waals surface area contributed by atoms with Crippen molar-refractivity contribution in [1.82, 2.24) is 30.7 Å².